The van der Waals surface area contributed by atoms with Gasteiger partial charge in [0.1, 0.15) is 11.8 Å². The standard InChI is InChI=1S/C27H34IN2O3/c1-17(29-33-25(32)18-5-4-14-30(28)16-18)22-8-9-23-21-7-6-19-15-20(31)10-12-26(19,2)24(21)11-13-27(22,23)3/h4-5,14-16,21-24H,6-13H2,1-3H3/b29-17+/t21-,22+,23-,24-,26-,27+/m0/s1. The van der Waals surface area contributed by atoms with E-state index >= 15 is 0 Å². The second-order valence-corrected chi connectivity index (χ2v) is 12.3. The average molecular weight is 561 g/mol. The molecule has 0 spiro atoms. The Morgan fingerprint density at radius 1 is 1.15 bits per heavy atom. The number of ketones is 1. The first kappa shape index (κ1) is 23.2. The van der Waals surface area contributed by atoms with Gasteiger partial charge >= 0.3 is 5.97 Å². The molecule has 0 N–H and O–H groups in total. The zero-order valence-corrected chi connectivity index (χ0v) is 22.0. The highest BCUT2D eigenvalue weighted by Gasteiger charge is 2.59. The van der Waals surface area contributed by atoms with E-state index in [1.165, 1.54) is 31.3 Å². The molecule has 1 aromatic heterocycles. The van der Waals surface area contributed by atoms with E-state index in [1.807, 2.05) is 25.3 Å². The Balaban J connectivity index is 1.33. The molecule has 1 heterocycles. The Morgan fingerprint density at radius 3 is 2.76 bits per heavy atom. The van der Waals surface area contributed by atoms with E-state index in [1.54, 1.807) is 15.0 Å². The summed E-state index contributed by atoms with van der Waals surface area (Å²) in [5, 5.41) is 4.35. The molecule has 0 bridgehead atoms. The van der Waals surface area contributed by atoms with Crippen LogP contribution in [0.25, 0.3) is 0 Å². The van der Waals surface area contributed by atoms with Crippen molar-refractivity contribution in [1.82, 2.24) is 0 Å². The molecule has 4 aliphatic rings. The third-order valence-corrected chi connectivity index (χ3v) is 10.3. The van der Waals surface area contributed by atoms with Crippen molar-refractivity contribution in [2.24, 2.45) is 39.7 Å². The van der Waals surface area contributed by atoms with Gasteiger partial charge in [-0.1, -0.05) is 24.6 Å². The van der Waals surface area contributed by atoms with E-state index in [-0.39, 0.29) is 10.8 Å². The molecule has 1 aromatic rings. The van der Waals surface area contributed by atoms with Gasteiger partial charge in [-0.3, -0.25) is 4.79 Å². The second kappa shape index (κ2) is 8.58. The van der Waals surface area contributed by atoms with Gasteiger partial charge in [0.25, 0.3) is 0 Å². The minimum absolute atomic E-state index is 0.208. The second-order valence-electron chi connectivity index (χ2n) is 11.2. The van der Waals surface area contributed by atoms with Gasteiger partial charge in [0.15, 0.2) is 12.0 Å². The zero-order valence-electron chi connectivity index (χ0n) is 19.9. The van der Waals surface area contributed by atoms with Crippen molar-refractivity contribution in [3.05, 3.63) is 41.7 Å². The number of rotatable bonds is 3. The molecule has 3 saturated carbocycles. The number of allylic oxidation sites excluding steroid dienone is 1. The number of hydrogen-bond acceptors (Lipinski definition) is 4. The molecule has 0 aliphatic heterocycles. The summed E-state index contributed by atoms with van der Waals surface area (Å²) in [4.78, 5) is 29.9. The third-order valence-electron chi connectivity index (χ3n) is 9.74. The highest BCUT2D eigenvalue weighted by Crippen LogP contribution is 2.66. The van der Waals surface area contributed by atoms with Crippen LogP contribution in [-0.4, -0.2) is 17.5 Å². The SMILES string of the molecule is C/C(=N\OC(=O)c1ccc[n+]([I-])c1)[C@H]1CC[C@H]2[C@@H]3CCC4=CC(=O)CC[C@]4(C)[C@H]3CC[C@]12C. The van der Waals surface area contributed by atoms with Crippen molar-refractivity contribution in [3.8, 4) is 0 Å². The van der Waals surface area contributed by atoms with Crippen LogP contribution in [0.2, 0.25) is 0 Å². The van der Waals surface area contributed by atoms with Crippen molar-refractivity contribution in [2.75, 3.05) is 0 Å². The predicted molar refractivity (Wildman–Crippen MR) is 121 cm³/mol. The molecule has 5 rings (SSSR count). The molecule has 3 fully saturated rings. The number of oxime groups is 1. The predicted octanol–water partition coefficient (Wildman–Crippen LogP) is 1.97. The summed E-state index contributed by atoms with van der Waals surface area (Å²) >= 11 is 2.11. The Kier molecular flexibility index (Phi) is 6.03. The number of halogens is 1. The summed E-state index contributed by atoms with van der Waals surface area (Å²) in [6, 6.07) is 3.58. The van der Waals surface area contributed by atoms with Gasteiger partial charge in [-0.05, 0) is 92.6 Å². The number of fused-ring (bicyclic) bond motifs is 5. The number of aromatic nitrogens is 1. The Hall–Kier alpha value is -1.57. The van der Waals surface area contributed by atoms with Crippen LogP contribution in [0.15, 0.2) is 41.3 Å². The summed E-state index contributed by atoms with van der Waals surface area (Å²) in [6.45, 7) is 6.93. The van der Waals surface area contributed by atoms with Crippen molar-refractivity contribution in [2.45, 2.75) is 72.1 Å². The molecule has 0 saturated heterocycles. The summed E-state index contributed by atoms with van der Waals surface area (Å²) in [7, 11) is 0. The lowest BCUT2D eigenvalue weighted by atomic mass is 9.46. The average Bonchev–Trinajstić information content (AvgIpc) is 3.15. The minimum Gasteiger partial charge on any atom is -0.365 e. The molecule has 0 unspecified atom stereocenters. The van der Waals surface area contributed by atoms with Crippen molar-refractivity contribution >= 4 is 17.5 Å². The maximum atomic E-state index is 12.5. The molecule has 33 heavy (non-hydrogen) atoms. The molecule has 5 nitrogen and oxygen atoms in total. The monoisotopic (exact) mass is 561 g/mol. The summed E-state index contributed by atoms with van der Waals surface area (Å²) in [6.07, 6.45) is 14.4. The van der Waals surface area contributed by atoms with Gasteiger partial charge < -0.3 is 30.5 Å². The molecule has 6 atom stereocenters. The molecule has 1 radical (unpaired) electrons. The van der Waals surface area contributed by atoms with E-state index in [0.29, 0.717) is 35.5 Å². The van der Waals surface area contributed by atoms with Crippen molar-refractivity contribution in [3.63, 3.8) is 0 Å². The van der Waals surface area contributed by atoms with Gasteiger partial charge in [0.2, 0.25) is 0 Å². The number of nitrogens with zero attached hydrogens (tertiary/aromatic N) is 2. The van der Waals surface area contributed by atoms with Gasteiger partial charge in [0, 0.05) is 18.4 Å². The maximum absolute atomic E-state index is 12.5. The number of pyridine rings is 1. The first-order valence-corrected chi connectivity index (χ1v) is 13.4. The molecule has 177 valence electrons. The summed E-state index contributed by atoms with van der Waals surface area (Å²) < 4.78 is 1.81. The molecule has 0 aromatic carbocycles. The van der Waals surface area contributed by atoms with Crippen LogP contribution < -0.4 is 25.6 Å². The molecule has 4 aliphatic carbocycles. The molecular formula is C27H34IN2O3. The van der Waals surface area contributed by atoms with E-state index in [4.69, 9.17) is 4.84 Å². The van der Waals surface area contributed by atoms with E-state index in [9.17, 15) is 9.59 Å². The van der Waals surface area contributed by atoms with Gasteiger partial charge in [-0.25, -0.2) is 4.79 Å². The molecular weight excluding hydrogens is 527 g/mol. The van der Waals surface area contributed by atoms with Crippen LogP contribution in [0, 0.1) is 34.5 Å². The summed E-state index contributed by atoms with van der Waals surface area (Å²) in [5.41, 5.74) is 3.30. The lowest BCUT2D eigenvalue weighted by molar-refractivity contribution is -1.16. The Morgan fingerprint density at radius 2 is 1.97 bits per heavy atom. The van der Waals surface area contributed by atoms with Gasteiger partial charge in [-0.2, -0.15) is 0 Å². The highest BCUT2D eigenvalue weighted by molar-refractivity contribution is 5.92. The first-order valence-electron chi connectivity index (χ1n) is 12.4. The fourth-order valence-electron chi connectivity index (χ4n) is 8.04. The van der Waals surface area contributed by atoms with Crippen LogP contribution in [0.4, 0.5) is 0 Å². The molecule has 0 amide bonds. The Bertz CT molecular complexity index is 1050. The van der Waals surface area contributed by atoms with E-state index in [2.05, 4.69) is 41.9 Å². The van der Waals surface area contributed by atoms with E-state index in [0.717, 1.165) is 30.9 Å². The fraction of sp³-hybridized carbons (Fsp3) is 0.630. The van der Waals surface area contributed by atoms with Crippen LogP contribution in [-0.2, 0) is 9.63 Å². The fourth-order valence-corrected chi connectivity index (χ4v) is 8.53. The lowest BCUT2D eigenvalue weighted by Crippen LogP contribution is -3.50. The van der Waals surface area contributed by atoms with E-state index < -0.39 is 5.97 Å². The Labute approximate surface area is 210 Å². The number of carbonyl (C=O) groups excluding carboxylic acids is 2. The third kappa shape index (κ3) is 3.90. The van der Waals surface area contributed by atoms with Crippen LogP contribution >= 0.6 is 0 Å². The normalized spacial score (nSPS) is 38.1. The smallest absolute Gasteiger partial charge is 0.365 e. The largest absolute Gasteiger partial charge is 0.371 e. The quantitative estimate of drug-likeness (QED) is 0.246. The lowest BCUT2D eigenvalue weighted by Gasteiger charge is -2.58. The molecule has 6 heteroatoms. The summed E-state index contributed by atoms with van der Waals surface area (Å²) in [5.74, 6) is 2.38. The van der Waals surface area contributed by atoms with Crippen molar-refractivity contribution < 1.29 is 40.1 Å². The zero-order chi connectivity index (χ0) is 23.4. The maximum Gasteiger partial charge on any atom is 0.371 e. The topological polar surface area (TPSA) is 59.6 Å². The number of hydrogen-bond donors (Lipinski definition) is 0. The van der Waals surface area contributed by atoms with Crippen LogP contribution in [0.3, 0.4) is 0 Å². The van der Waals surface area contributed by atoms with Crippen LogP contribution in [0.1, 0.15) is 82.5 Å². The first-order chi connectivity index (χ1) is 15.7. The van der Waals surface area contributed by atoms with Gasteiger partial charge in [0.05, 0.1) is 5.71 Å². The highest BCUT2D eigenvalue weighted by atomic mass is 127. The van der Waals surface area contributed by atoms with Crippen molar-refractivity contribution in [1.29, 1.82) is 0 Å². The van der Waals surface area contributed by atoms with Gasteiger partial charge in [-0.15, -0.1) is 0 Å². The van der Waals surface area contributed by atoms with Crippen LogP contribution in [0.5, 0.6) is 0 Å². The minimum atomic E-state index is -0.407. The number of carbonyl (C=O) groups is 2.